The largest absolute Gasteiger partial charge is 0.505 e. The summed E-state index contributed by atoms with van der Waals surface area (Å²) in [6, 6.07) is 20.4. The van der Waals surface area contributed by atoms with Crippen molar-refractivity contribution < 1.29 is 5.11 Å². The molecule has 0 fully saturated rings. The molecule has 178 valence electrons. The minimum Gasteiger partial charge on any atom is -0.505 e. The van der Waals surface area contributed by atoms with Crippen LogP contribution in [0.5, 0.6) is 5.75 Å². The molecule has 4 nitrogen and oxygen atoms in total. The first-order valence-corrected chi connectivity index (χ1v) is 12.5. The molecule has 0 spiro atoms. The third-order valence-electron chi connectivity index (χ3n) is 6.57. The minimum absolute atomic E-state index is 0.113. The summed E-state index contributed by atoms with van der Waals surface area (Å²) < 4.78 is 0.947. The molecule has 0 amide bonds. The number of benzene rings is 3. The monoisotopic (exact) mass is 519 g/mol. The summed E-state index contributed by atoms with van der Waals surface area (Å²) in [7, 11) is 0. The molecule has 4 rings (SSSR count). The highest BCUT2D eigenvalue weighted by atomic mass is 79.9. The average molecular weight is 521 g/mol. The fourth-order valence-electron chi connectivity index (χ4n) is 5.07. The van der Waals surface area contributed by atoms with Crippen LogP contribution in [0.1, 0.15) is 71.6 Å². The number of fused-ring (bicyclic) bond motifs is 1. The maximum atomic E-state index is 11.6. The molecule has 0 aliphatic carbocycles. The predicted octanol–water partition coefficient (Wildman–Crippen LogP) is 7.93. The lowest BCUT2D eigenvalue weighted by molar-refractivity contribution is 0.283. The predicted molar refractivity (Wildman–Crippen MR) is 144 cm³/mol. The van der Waals surface area contributed by atoms with Gasteiger partial charge < -0.3 is 5.11 Å². The van der Waals surface area contributed by atoms with Crippen LogP contribution in [0.25, 0.3) is 16.7 Å². The third kappa shape index (κ3) is 4.76. The minimum atomic E-state index is -0.413. The van der Waals surface area contributed by atoms with Gasteiger partial charge in [0.2, 0.25) is 0 Å². The van der Waals surface area contributed by atoms with Gasteiger partial charge >= 0.3 is 0 Å². The first-order chi connectivity index (χ1) is 15.8. The summed E-state index contributed by atoms with van der Waals surface area (Å²) in [5.74, 6) is 0.212. The van der Waals surface area contributed by atoms with E-state index in [0.29, 0.717) is 5.69 Å². The average Bonchev–Trinajstić information content (AvgIpc) is 3.15. The van der Waals surface area contributed by atoms with Crippen molar-refractivity contribution in [3.05, 3.63) is 81.8 Å². The molecule has 0 aliphatic heterocycles. The first-order valence-electron chi connectivity index (χ1n) is 11.7. The summed E-state index contributed by atoms with van der Waals surface area (Å²) in [5.41, 5.74) is 4.97. The number of aromatic hydroxyl groups is 1. The molecule has 5 heteroatoms. The number of aromatic nitrogens is 3. The molecule has 1 aromatic heterocycles. The highest BCUT2D eigenvalue weighted by Crippen LogP contribution is 2.44. The van der Waals surface area contributed by atoms with Crippen LogP contribution in [-0.2, 0) is 10.8 Å². The SMILES string of the molecule is CC(C)(C)CC(C)(C)c1cc(-n2nc3ccc(Br)cc3n2)c(O)c(C(C)(C)c2ccccc2)c1. The topological polar surface area (TPSA) is 50.9 Å². The molecule has 0 bridgehead atoms. The van der Waals surface area contributed by atoms with Gasteiger partial charge in [0.1, 0.15) is 22.5 Å². The highest BCUT2D eigenvalue weighted by molar-refractivity contribution is 9.10. The molecule has 4 aromatic rings. The second-order valence-corrected chi connectivity index (χ2v) is 12.5. The van der Waals surface area contributed by atoms with Crippen molar-refractivity contribution in [2.75, 3.05) is 0 Å². The van der Waals surface area contributed by atoms with Crippen molar-refractivity contribution in [1.82, 2.24) is 15.0 Å². The Morgan fingerprint density at radius 3 is 2.09 bits per heavy atom. The quantitative estimate of drug-likeness (QED) is 0.291. The van der Waals surface area contributed by atoms with E-state index in [0.717, 1.165) is 38.6 Å². The second kappa shape index (κ2) is 8.53. The molecule has 0 saturated carbocycles. The van der Waals surface area contributed by atoms with Gasteiger partial charge in [-0.3, -0.25) is 0 Å². The van der Waals surface area contributed by atoms with Crippen LogP contribution < -0.4 is 0 Å². The molecule has 1 heterocycles. The second-order valence-electron chi connectivity index (χ2n) is 11.6. The molecule has 0 saturated heterocycles. The van der Waals surface area contributed by atoms with Gasteiger partial charge in [-0.1, -0.05) is 101 Å². The third-order valence-corrected chi connectivity index (χ3v) is 7.06. The van der Waals surface area contributed by atoms with Crippen LogP contribution in [0, 0.1) is 5.41 Å². The first kappa shape index (κ1) is 24.5. The number of phenols is 1. The van der Waals surface area contributed by atoms with Crippen molar-refractivity contribution in [3.63, 3.8) is 0 Å². The summed E-state index contributed by atoms with van der Waals surface area (Å²) in [5, 5.41) is 21.0. The molecular weight excluding hydrogens is 486 g/mol. The number of rotatable bonds is 5. The Balaban J connectivity index is 1.97. The van der Waals surface area contributed by atoms with Crippen molar-refractivity contribution in [3.8, 4) is 11.4 Å². The van der Waals surface area contributed by atoms with E-state index in [4.69, 9.17) is 10.2 Å². The number of phenolic OH excluding ortho intramolecular Hbond substituents is 1. The fourth-order valence-corrected chi connectivity index (χ4v) is 5.42. The Hall–Kier alpha value is -2.66. The summed E-state index contributed by atoms with van der Waals surface area (Å²) in [6.45, 7) is 15.7. The van der Waals surface area contributed by atoms with Gasteiger partial charge in [-0.2, -0.15) is 0 Å². The summed E-state index contributed by atoms with van der Waals surface area (Å²) >= 11 is 3.52. The zero-order valence-corrected chi connectivity index (χ0v) is 22.7. The van der Waals surface area contributed by atoms with Crippen LogP contribution in [0.15, 0.2) is 65.1 Å². The van der Waals surface area contributed by atoms with E-state index in [2.05, 4.69) is 88.7 Å². The fraction of sp³-hybridized carbons (Fsp3) is 0.379. The smallest absolute Gasteiger partial charge is 0.147 e. The normalized spacial score (nSPS) is 12.9. The Labute approximate surface area is 211 Å². The van der Waals surface area contributed by atoms with Gasteiger partial charge in [-0.05, 0) is 52.6 Å². The number of hydrogen-bond acceptors (Lipinski definition) is 3. The number of halogens is 1. The number of nitrogens with zero attached hydrogens (tertiary/aromatic N) is 3. The Kier molecular flexibility index (Phi) is 6.14. The van der Waals surface area contributed by atoms with Crippen LogP contribution >= 0.6 is 15.9 Å². The van der Waals surface area contributed by atoms with Crippen LogP contribution in [0.4, 0.5) is 0 Å². The highest BCUT2D eigenvalue weighted by Gasteiger charge is 2.33. The molecule has 0 unspecified atom stereocenters. The standard InChI is InChI=1S/C29H34BrN3O/c1-27(2,3)18-28(4,5)20-15-22(29(6,7)19-11-9-8-10-12-19)26(34)25(16-20)33-31-23-14-13-21(30)17-24(23)32-33/h8-17,34H,18H2,1-7H3. The van der Waals surface area contributed by atoms with E-state index in [1.807, 2.05) is 36.4 Å². The molecule has 34 heavy (non-hydrogen) atoms. The van der Waals surface area contributed by atoms with E-state index >= 15 is 0 Å². The van der Waals surface area contributed by atoms with Gasteiger partial charge in [-0.25, -0.2) is 0 Å². The lowest BCUT2D eigenvalue weighted by Crippen LogP contribution is -2.27. The zero-order valence-electron chi connectivity index (χ0n) is 21.1. The summed E-state index contributed by atoms with van der Waals surface area (Å²) in [6.07, 6.45) is 0.997. The Bertz CT molecular complexity index is 1330. The van der Waals surface area contributed by atoms with Crippen molar-refractivity contribution in [2.45, 2.75) is 65.7 Å². The van der Waals surface area contributed by atoms with E-state index in [-0.39, 0.29) is 16.6 Å². The van der Waals surface area contributed by atoms with Gasteiger partial charge in [0.15, 0.2) is 0 Å². The van der Waals surface area contributed by atoms with E-state index in [1.165, 1.54) is 0 Å². The molecule has 0 radical (unpaired) electrons. The Morgan fingerprint density at radius 1 is 0.794 bits per heavy atom. The molecular formula is C29H34BrN3O. The van der Waals surface area contributed by atoms with Crippen LogP contribution in [-0.4, -0.2) is 20.1 Å². The van der Waals surface area contributed by atoms with E-state index in [1.54, 1.807) is 4.80 Å². The van der Waals surface area contributed by atoms with E-state index < -0.39 is 5.41 Å². The molecule has 1 N–H and O–H groups in total. The lowest BCUT2D eigenvalue weighted by atomic mass is 9.70. The molecule has 3 aromatic carbocycles. The molecule has 0 aliphatic rings. The molecule has 0 atom stereocenters. The number of hydrogen-bond donors (Lipinski definition) is 1. The van der Waals surface area contributed by atoms with Crippen molar-refractivity contribution >= 4 is 27.0 Å². The van der Waals surface area contributed by atoms with Gasteiger partial charge in [0.05, 0.1) is 0 Å². The van der Waals surface area contributed by atoms with Crippen molar-refractivity contribution in [2.24, 2.45) is 5.41 Å². The lowest BCUT2D eigenvalue weighted by Gasteiger charge is -2.35. The summed E-state index contributed by atoms with van der Waals surface area (Å²) in [4.78, 5) is 1.58. The van der Waals surface area contributed by atoms with Crippen LogP contribution in [0.2, 0.25) is 0 Å². The van der Waals surface area contributed by atoms with Gasteiger partial charge in [0, 0.05) is 15.5 Å². The maximum absolute atomic E-state index is 11.6. The van der Waals surface area contributed by atoms with E-state index in [9.17, 15) is 5.11 Å². The maximum Gasteiger partial charge on any atom is 0.147 e. The zero-order chi connectivity index (χ0) is 24.9. The Morgan fingerprint density at radius 2 is 1.44 bits per heavy atom. The van der Waals surface area contributed by atoms with Crippen molar-refractivity contribution in [1.29, 1.82) is 0 Å². The van der Waals surface area contributed by atoms with Gasteiger partial charge in [0.25, 0.3) is 0 Å². The van der Waals surface area contributed by atoms with Crippen LogP contribution in [0.3, 0.4) is 0 Å². The van der Waals surface area contributed by atoms with Gasteiger partial charge in [-0.15, -0.1) is 15.0 Å².